The van der Waals surface area contributed by atoms with Crippen LogP contribution < -0.4 is 10.2 Å². The summed E-state index contributed by atoms with van der Waals surface area (Å²) < 4.78 is 30.2. The van der Waals surface area contributed by atoms with E-state index in [-0.39, 0.29) is 29.8 Å². The van der Waals surface area contributed by atoms with Crippen molar-refractivity contribution in [1.29, 1.82) is 0 Å². The number of fused-ring (bicyclic) bond motifs is 1. The fourth-order valence-corrected chi connectivity index (χ4v) is 7.08. The van der Waals surface area contributed by atoms with Crippen LogP contribution in [0.2, 0.25) is 0 Å². The van der Waals surface area contributed by atoms with Crippen molar-refractivity contribution >= 4 is 33.3 Å². The summed E-state index contributed by atoms with van der Waals surface area (Å²) in [5, 5.41) is 7.20. The van der Waals surface area contributed by atoms with Crippen molar-refractivity contribution < 1.29 is 18.0 Å². The number of aromatic nitrogens is 3. The van der Waals surface area contributed by atoms with E-state index in [1.807, 2.05) is 24.3 Å². The molecule has 2 aliphatic rings. The van der Waals surface area contributed by atoms with Crippen LogP contribution in [-0.2, 0) is 32.6 Å². The number of pyridine rings is 1. The Bertz CT molecular complexity index is 1440. The van der Waals surface area contributed by atoms with E-state index >= 15 is 0 Å². The van der Waals surface area contributed by atoms with Gasteiger partial charge in [-0.3, -0.25) is 14.3 Å². The van der Waals surface area contributed by atoms with Crippen LogP contribution in [0.5, 0.6) is 0 Å². The first-order valence-corrected chi connectivity index (χ1v) is 13.8. The zero-order chi connectivity index (χ0) is 26.2. The zero-order valence-corrected chi connectivity index (χ0v) is 21.7. The van der Waals surface area contributed by atoms with Crippen LogP contribution in [0.3, 0.4) is 0 Å². The fraction of sp³-hybridized carbons (Fsp3) is 0.385. The fourth-order valence-electron chi connectivity index (χ4n) is 5.19. The van der Waals surface area contributed by atoms with Crippen molar-refractivity contribution in [2.45, 2.75) is 44.6 Å². The van der Waals surface area contributed by atoms with Gasteiger partial charge in [-0.25, -0.2) is 13.4 Å². The Morgan fingerprint density at radius 1 is 1.08 bits per heavy atom. The maximum atomic E-state index is 13.7. The summed E-state index contributed by atoms with van der Waals surface area (Å²) in [4.78, 5) is 31.9. The average molecular weight is 523 g/mol. The normalized spacial score (nSPS) is 18.0. The number of anilines is 2. The summed E-state index contributed by atoms with van der Waals surface area (Å²) in [6, 6.07) is 13.0. The molecule has 3 aromatic rings. The Hall–Kier alpha value is -3.57. The molecule has 10 nitrogen and oxygen atoms in total. The number of piperidine rings is 1. The summed E-state index contributed by atoms with van der Waals surface area (Å²) in [5.41, 5.74) is 2.77. The summed E-state index contributed by atoms with van der Waals surface area (Å²) >= 11 is 0. The summed E-state index contributed by atoms with van der Waals surface area (Å²) in [6.45, 7) is 4.26. The highest BCUT2D eigenvalue weighted by atomic mass is 32.2. The van der Waals surface area contributed by atoms with Gasteiger partial charge in [-0.05, 0) is 56.9 Å². The van der Waals surface area contributed by atoms with Gasteiger partial charge in [0.05, 0.1) is 17.3 Å². The molecule has 0 saturated carbocycles. The molecule has 1 N–H and O–H groups in total. The van der Waals surface area contributed by atoms with Crippen molar-refractivity contribution in [3.63, 3.8) is 0 Å². The highest BCUT2D eigenvalue weighted by Crippen LogP contribution is 2.30. The molecule has 0 aliphatic carbocycles. The molecule has 2 aliphatic heterocycles. The number of nitrogens with one attached hydrogen (secondary N) is 1. The number of para-hydroxylation sites is 1. The molecule has 1 fully saturated rings. The molecule has 11 heteroatoms. The van der Waals surface area contributed by atoms with Crippen LogP contribution in [0, 0.1) is 19.8 Å². The molecule has 2 aromatic heterocycles. The van der Waals surface area contributed by atoms with Crippen molar-refractivity contribution in [2.75, 3.05) is 29.9 Å². The van der Waals surface area contributed by atoms with Crippen LogP contribution in [0.4, 0.5) is 11.5 Å². The van der Waals surface area contributed by atoms with Crippen LogP contribution >= 0.6 is 0 Å². The number of hydrogen-bond acceptors (Lipinski definition) is 6. The number of rotatable bonds is 6. The Kier molecular flexibility index (Phi) is 6.82. The Labute approximate surface area is 216 Å². The maximum absolute atomic E-state index is 13.7. The second-order valence-electron chi connectivity index (χ2n) is 9.49. The lowest BCUT2D eigenvalue weighted by Crippen LogP contribution is -2.44. The van der Waals surface area contributed by atoms with E-state index in [0.717, 1.165) is 17.7 Å². The lowest BCUT2D eigenvalue weighted by atomic mass is 9.99. The number of hydrogen-bond donors (Lipinski definition) is 1. The molecule has 5 rings (SSSR count). The molecule has 0 spiro atoms. The first-order chi connectivity index (χ1) is 17.8. The quantitative estimate of drug-likeness (QED) is 0.532. The van der Waals surface area contributed by atoms with E-state index < -0.39 is 15.9 Å². The number of benzene rings is 1. The van der Waals surface area contributed by atoms with E-state index in [2.05, 4.69) is 15.4 Å². The second-order valence-corrected chi connectivity index (χ2v) is 11.4. The number of carbonyl (C=O) groups is 2. The third-order valence-electron chi connectivity index (χ3n) is 7.06. The van der Waals surface area contributed by atoms with Gasteiger partial charge in [0.2, 0.25) is 21.8 Å². The van der Waals surface area contributed by atoms with E-state index in [1.54, 1.807) is 43.1 Å². The molecular formula is C26H30N6O4S. The molecule has 0 unspecified atom stereocenters. The van der Waals surface area contributed by atoms with Crippen LogP contribution in [-0.4, -0.2) is 58.9 Å². The lowest BCUT2D eigenvalue weighted by molar-refractivity contribution is -0.121. The number of carbonyl (C=O) groups excluding carboxylic acids is 2. The topological polar surface area (TPSA) is 118 Å². The lowest BCUT2D eigenvalue weighted by Gasteiger charge is -2.31. The number of amides is 2. The van der Waals surface area contributed by atoms with Crippen LogP contribution in [0.15, 0.2) is 53.6 Å². The van der Waals surface area contributed by atoms with E-state index in [4.69, 9.17) is 0 Å². The number of sulfonamides is 1. The maximum Gasteiger partial charge on any atom is 0.248 e. The van der Waals surface area contributed by atoms with Crippen molar-refractivity contribution in [3.05, 3.63) is 65.6 Å². The highest BCUT2D eigenvalue weighted by Gasteiger charge is 2.37. The highest BCUT2D eigenvalue weighted by molar-refractivity contribution is 7.89. The molecule has 0 bridgehead atoms. The Morgan fingerprint density at radius 2 is 1.86 bits per heavy atom. The minimum absolute atomic E-state index is 0.0500. The minimum atomic E-state index is -3.92. The predicted molar refractivity (Wildman–Crippen MR) is 139 cm³/mol. The molecule has 1 aromatic carbocycles. The van der Waals surface area contributed by atoms with E-state index in [0.29, 0.717) is 43.1 Å². The van der Waals surface area contributed by atoms with Gasteiger partial charge in [0.1, 0.15) is 17.3 Å². The Balaban J connectivity index is 1.32. The molecule has 194 valence electrons. The van der Waals surface area contributed by atoms with Crippen LogP contribution in [0.1, 0.15) is 29.8 Å². The summed E-state index contributed by atoms with van der Waals surface area (Å²) in [7, 11) is -3.92. The van der Waals surface area contributed by atoms with Gasteiger partial charge in [0, 0.05) is 31.5 Å². The molecule has 37 heavy (non-hydrogen) atoms. The monoisotopic (exact) mass is 522 g/mol. The smallest absolute Gasteiger partial charge is 0.248 e. The number of nitrogens with zero attached hydrogens (tertiary/aromatic N) is 5. The predicted octanol–water partition coefficient (Wildman–Crippen LogP) is 2.52. The van der Waals surface area contributed by atoms with Gasteiger partial charge in [-0.15, -0.1) is 0 Å². The van der Waals surface area contributed by atoms with Crippen molar-refractivity contribution in [2.24, 2.45) is 5.92 Å². The molecule has 4 heterocycles. The van der Waals surface area contributed by atoms with Gasteiger partial charge >= 0.3 is 0 Å². The zero-order valence-electron chi connectivity index (χ0n) is 20.9. The third kappa shape index (κ3) is 4.88. The van der Waals surface area contributed by atoms with E-state index in [9.17, 15) is 18.0 Å². The molecule has 1 saturated heterocycles. The SMILES string of the molecule is Cc1nn(CC(=O)N2CCc3ccccc32)c(C)c1S(=O)(=O)N1CCC[C@@H](C(=O)Nc2ccccn2)C1. The van der Waals surface area contributed by atoms with Crippen molar-refractivity contribution in [3.8, 4) is 0 Å². The second kappa shape index (κ2) is 10.1. The van der Waals surface area contributed by atoms with Gasteiger partial charge in [0.15, 0.2) is 0 Å². The van der Waals surface area contributed by atoms with Gasteiger partial charge in [-0.1, -0.05) is 24.3 Å². The largest absolute Gasteiger partial charge is 0.310 e. The number of aryl methyl sites for hydroxylation is 1. The Morgan fingerprint density at radius 3 is 2.65 bits per heavy atom. The molecular weight excluding hydrogens is 492 g/mol. The molecule has 1 atom stereocenters. The first kappa shape index (κ1) is 25.1. The van der Waals surface area contributed by atoms with Gasteiger partial charge in [0.25, 0.3) is 0 Å². The summed E-state index contributed by atoms with van der Waals surface area (Å²) in [5.74, 6) is -0.438. The van der Waals surface area contributed by atoms with Crippen molar-refractivity contribution in [1.82, 2.24) is 19.1 Å². The van der Waals surface area contributed by atoms with E-state index in [1.165, 1.54) is 8.99 Å². The average Bonchev–Trinajstić information content (AvgIpc) is 3.45. The van der Waals surface area contributed by atoms with Crippen LogP contribution in [0.25, 0.3) is 0 Å². The molecule has 0 radical (unpaired) electrons. The molecule has 2 amide bonds. The first-order valence-electron chi connectivity index (χ1n) is 12.4. The van der Waals surface area contributed by atoms with Gasteiger partial charge in [-0.2, -0.15) is 9.40 Å². The van der Waals surface area contributed by atoms with Gasteiger partial charge < -0.3 is 10.2 Å². The standard InChI is InChI=1S/C26H30N6O4S/c1-18-25(19(2)32(29-18)17-24(33)31-15-12-20-8-3-4-10-22(20)31)37(35,36)30-14-7-9-21(16-30)26(34)28-23-11-5-6-13-27-23/h3-6,8,10-11,13,21H,7,9,12,14-17H2,1-2H3,(H,27,28,34)/t21-/m1/s1. The minimum Gasteiger partial charge on any atom is -0.310 e. The third-order valence-corrected chi connectivity index (χ3v) is 9.18. The summed E-state index contributed by atoms with van der Waals surface area (Å²) in [6.07, 6.45) is 3.54.